The lowest BCUT2D eigenvalue weighted by atomic mass is 9.84. The van der Waals surface area contributed by atoms with E-state index >= 15 is 0 Å². The van der Waals surface area contributed by atoms with Gasteiger partial charge in [-0.3, -0.25) is 9.59 Å². The molecular weight excluding hydrogens is 320 g/mol. The normalized spacial score (nSPS) is 12.2. The van der Waals surface area contributed by atoms with Crippen LogP contribution in [0.25, 0.3) is 0 Å². The number of fused-ring (bicyclic) bond motifs is 2. The van der Waals surface area contributed by atoms with E-state index in [1.54, 1.807) is 24.3 Å². The van der Waals surface area contributed by atoms with E-state index in [1.807, 2.05) is 0 Å². The van der Waals surface area contributed by atoms with Crippen LogP contribution in [-0.4, -0.2) is 40.0 Å². The predicted molar refractivity (Wildman–Crippen MR) is 87.2 cm³/mol. The smallest absolute Gasteiger partial charge is 0.198 e. The van der Waals surface area contributed by atoms with Crippen molar-refractivity contribution in [2.45, 2.75) is 6.42 Å². The third kappa shape index (κ3) is 2.76. The number of rotatable bonds is 4. The van der Waals surface area contributed by atoms with Crippen LogP contribution in [0.3, 0.4) is 0 Å². The second-order valence-corrected chi connectivity index (χ2v) is 4.89. The van der Waals surface area contributed by atoms with Gasteiger partial charge in [-0.1, -0.05) is 24.3 Å². The molecule has 0 fully saturated rings. The highest BCUT2D eigenvalue weighted by molar-refractivity contribution is 6.31. The molecule has 8 heteroatoms. The fraction of sp³-hybridized carbons (Fsp3) is 0.200. The van der Waals surface area contributed by atoms with Crippen LogP contribution in [0, 0.1) is 0 Å². The number of hydrogen-bond acceptors (Lipinski definition) is 7. The SMILES string of the molecule is Cl.Nc1nnc(NCCCO)c2c1C(=O)c1ccccc1C2=O. The number of aliphatic hydroxyl groups excluding tert-OH is 1. The number of nitrogens with zero attached hydrogens (tertiary/aromatic N) is 2. The highest BCUT2D eigenvalue weighted by Crippen LogP contribution is 2.32. The number of nitrogen functional groups attached to an aromatic ring is 1. The topological polar surface area (TPSA) is 118 Å². The zero-order chi connectivity index (χ0) is 15.7. The number of aliphatic hydroxyl groups is 1. The Morgan fingerprint density at radius 2 is 1.65 bits per heavy atom. The Morgan fingerprint density at radius 3 is 2.26 bits per heavy atom. The highest BCUT2D eigenvalue weighted by Gasteiger charge is 2.34. The van der Waals surface area contributed by atoms with Gasteiger partial charge in [-0.25, -0.2) is 0 Å². The lowest BCUT2D eigenvalue weighted by Gasteiger charge is -2.20. The van der Waals surface area contributed by atoms with E-state index in [0.29, 0.717) is 24.1 Å². The zero-order valence-corrected chi connectivity index (χ0v) is 12.9. The molecule has 0 radical (unpaired) electrons. The van der Waals surface area contributed by atoms with Gasteiger partial charge in [-0.05, 0) is 6.42 Å². The molecule has 1 aromatic carbocycles. The molecule has 120 valence electrons. The van der Waals surface area contributed by atoms with E-state index in [-0.39, 0.29) is 53.3 Å². The summed E-state index contributed by atoms with van der Waals surface area (Å²) in [6.07, 6.45) is 0.486. The van der Waals surface area contributed by atoms with Gasteiger partial charge in [0.25, 0.3) is 0 Å². The van der Waals surface area contributed by atoms with Crippen molar-refractivity contribution in [3.63, 3.8) is 0 Å². The minimum Gasteiger partial charge on any atom is -0.396 e. The second-order valence-electron chi connectivity index (χ2n) is 4.89. The van der Waals surface area contributed by atoms with Gasteiger partial charge in [-0.15, -0.1) is 22.6 Å². The second kappa shape index (κ2) is 6.72. The van der Waals surface area contributed by atoms with Crippen molar-refractivity contribution in [1.29, 1.82) is 0 Å². The predicted octanol–water partition coefficient (Wildman–Crippen LogP) is 1.05. The summed E-state index contributed by atoms with van der Waals surface area (Å²) in [6.45, 7) is 0.415. The van der Waals surface area contributed by atoms with Crippen LogP contribution >= 0.6 is 12.4 Å². The van der Waals surface area contributed by atoms with Crippen LogP contribution in [-0.2, 0) is 0 Å². The Morgan fingerprint density at radius 1 is 1.04 bits per heavy atom. The first-order valence-electron chi connectivity index (χ1n) is 6.84. The lowest BCUT2D eigenvalue weighted by Crippen LogP contribution is -2.26. The first-order chi connectivity index (χ1) is 10.6. The van der Waals surface area contributed by atoms with Gasteiger partial charge < -0.3 is 16.2 Å². The van der Waals surface area contributed by atoms with Crippen molar-refractivity contribution < 1.29 is 14.7 Å². The number of aromatic nitrogens is 2. The molecule has 7 nitrogen and oxygen atoms in total. The molecular formula is C15H15ClN4O3. The third-order valence-corrected chi connectivity index (χ3v) is 3.50. The van der Waals surface area contributed by atoms with Crippen molar-refractivity contribution in [3.05, 3.63) is 46.5 Å². The van der Waals surface area contributed by atoms with Gasteiger partial charge in [0, 0.05) is 24.3 Å². The number of nitrogens with two attached hydrogens (primary N) is 1. The Hall–Kier alpha value is -2.51. The number of carbonyl (C=O) groups is 2. The van der Waals surface area contributed by atoms with E-state index in [0.717, 1.165) is 0 Å². The van der Waals surface area contributed by atoms with Gasteiger partial charge in [0.05, 0.1) is 11.1 Å². The Kier molecular flexibility index (Phi) is 4.92. The molecule has 0 unspecified atom stereocenters. The van der Waals surface area contributed by atoms with Crippen LogP contribution in [0.15, 0.2) is 24.3 Å². The Balaban J connectivity index is 0.00000192. The molecule has 0 aliphatic heterocycles. The largest absolute Gasteiger partial charge is 0.396 e. The molecule has 1 aromatic heterocycles. The number of nitrogens with one attached hydrogen (secondary N) is 1. The zero-order valence-electron chi connectivity index (χ0n) is 12.1. The standard InChI is InChI=1S/C15H14N4O3.ClH/c16-14-10-11(15(19-18-14)17-6-3-7-20)13(22)9-5-2-1-4-8(9)12(10)21;/h1-2,4-5,20H,3,6-7H2,(H2,16,18)(H,17,19);1H. The van der Waals surface area contributed by atoms with Gasteiger partial charge in [0.2, 0.25) is 0 Å². The van der Waals surface area contributed by atoms with Gasteiger partial charge in [0.15, 0.2) is 23.2 Å². The number of halogens is 1. The molecule has 0 atom stereocenters. The molecule has 0 saturated carbocycles. The summed E-state index contributed by atoms with van der Waals surface area (Å²) < 4.78 is 0. The lowest BCUT2D eigenvalue weighted by molar-refractivity contribution is 0.0979. The number of hydrogen-bond donors (Lipinski definition) is 3. The van der Waals surface area contributed by atoms with Crippen molar-refractivity contribution in [2.75, 3.05) is 24.2 Å². The quantitative estimate of drug-likeness (QED) is 0.610. The number of ketones is 2. The molecule has 1 aliphatic rings. The van der Waals surface area contributed by atoms with Crippen LogP contribution < -0.4 is 11.1 Å². The molecule has 1 aliphatic carbocycles. The summed E-state index contributed by atoms with van der Waals surface area (Å²) in [5, 5.41) is 19.4. The van der Waals surface area contributed by atoms with Gasteiger partial charge in [-0.2, -0.15) is 0 Å². The van der Waals surface area contributed by atoms with Gasteiger partial charge in [0.1, 0.15) is 0 Å². The summed E-state index contributed by atoms with van der Waals surface area (Å²) >= 11 is 0. The fourth-order valence-corrected chi connectivity index (χ4v) is 2.46. The van der Waals surface area contributed by atoms with Crippen LogP contribution in [0.5, 0.6) is 0 Å². The van der Waals surface area contributed by atoms with Crippen molar-refractivity contribution in [1.82, 2.24) is 10.2 Å². The molecule has 0 bridgehead atoms. The van der Waals surface area contributed by atoms with Crippen LogP contribution in [0.4, 0.5) is 11.6 Å². The van der Waals surface area contributed by atoms with Crippen molar-refractivity contribution in [2.24, 2.45) is 0 Å². The summed E-state index contributed by atoms with van der Waals surface area (Å²) in [5.74, 6) is -0.484. The molecule has 0 spiro atoms. The maximum absolute atomic E-state index is 12.7. The van der Waals surface area contributed by atoms with Gasteiger partial charge >= 0.3 is 0 Å². The third-order valence-electron chi connectivity index (χ3n) is 3.50. The number of benzene rings is 1. The molecule has 23 heavy (non-hydrogen) atoms. The Bertz CT molecular complexity index is 779. The van der Waals surface area contributed by atoms with Crippen LogP contribution in [0.2, 0.25) is 0 Å². The van der Waals surface area contributed by atoms with Crippen molar-refractivity contribution >= 4 is 35.6 Å². The minimum atomic E-state index is -0.331. The first-order valence-corrected chi connectivity index (χ1v) is 6.84. The summed E-state index contributed by atoms with van der Waals surface area (Å²) in [5.41, 5.74) is 6.65. The summed E-state index contributed by atoms with van der Waals surface area (Å²) in [4.78, 5) is 25.3. The van der Waals surface area contributed by atoms with E-state index in [1.165, 1.54) is 0 Å². The average Bonchev–Trinajstić information content (AvgIpc) is 2.54. The molecule has 4 N–H and O–H groups in total. The van der Waals surface area contributed by atoms with Crippen LogP contribution in [0.1, 0.15) is 38.3 Å². The number of anilines is 2. The summed E-state index contributed by atoms with van der Waals surface area (Å²) in [6, 6.07) is 6.59. The molecule has 1 heterocycles. The molecule has 0 saturated heterocycles. The first kappa shape index (κ1) is 16.9. The maximum Gasteiger partial charge on any atom is 0.198 e. The highest BCUT2D eigenvalue weighted by atomic mass is 35.5. The van der Waals surface area contributed by atoms with Crippen molar-refractivity contribution in [3.8, 4) is 0 Å². The minimum absolute atomic E-state index is 0. The summed E-state index contributed by atoms with van der Waals surface area (Å²) in [7, 11) is 0. The fourth-order valence-electron chi connectivity index (χ4n) is 2.46. The monoisotopic (exact) mass is 334 g/mol. The van der Waals surface area contributed by atoms with E-state index in [4.69, 9.17) is 10.8 Å². The average molecular weight is 335 g/mol. The van der Waals surface area contributed by atoms with E-state index < -0.39 is 0 Å². The molecule has 0 amide bonds. The van der Waals surface area contributed by atoms with E-state index in [2.05, 4.69) is 15.5 Å². The number of carbonyl (C=O) groups excluding carboxylic acids is 2. The molecule has 2 aromatic rings. The molecule has 3 rings (SSSR count). The maximum atomic E-state index is 12.7. The van der Waals surface area contributed by atoms with E-state index in [9.17, 15) is 9.59 Å². The Labute approximate surface area is 138 Å².